The van der Waals surface area contributed by atoms with E-state index in [1.165, 1.54) is 78.3 Å². The van der Waals surface area contributed by atoms with Crippen LogP contribution >= 0.6 is 15.9 Å². The highest BCUT2D eigenvalue weighted by Gasteiger charge is 2.25. The van der Waals surface area contributed by atoms with Crippen LogP contribution in [-0.2, 0) is 20.0 Å². The number of tetrazole rings is 2. The van der Waals surface area contributed by atoms with Crippen molar-refractivity contribution in [1.82, 2.24) is 50.3 Å². The quantitative estimate of drug-likeness (QED) is 0.0930. The maximum absolute atomic E-state index is 12.3. The van der Waals surface area contributed by atoms with Gasteiger partial charge in [0.2, 0.25) is 31.7 Å². The van der Waals surface area contributed by atoms with E-state index >= 15 is 0 Å². The monoisotopic (exact) mass is 892 g/mol. The summed E-state index contributed by atoms with van der Waals surface area (Å²) in [6.45, 7) is 0. The number of nitrogens with zero attached hydrogens (tertiary/aromatic N) is 7. The lowest BCUT2D eigenvalue weighted by Gasteiger charge is -2.25. The number of H-pyrrole nitrogens is 1. The van der Waals surface area contributed by atoms with Gasteiger partial charge < -0.3 is 10.6 Å². The number of alkyl halides is 1. The first-order valence-electron chi connectivity index (χ1n) is 19.4. The molecule has 5 N–H and O–H groups in total. The van der Waals surface area contributed by atoms with E-state index in [0.29, 0.717) is 40.9 Å². The number of aromatic amines is 1. The van der Waals surface area contributed by atoms with Gasteiger partial charge in [0, 0.05) is 39.4 Å². The van der Waals surface area contributed by atoms with Crippen LogP contribution in [0.2, 0.25) is 0 Å². The molecule has 4 fully saturated rings. The maximum atomic E-state index is 12.3. The Labute approximate surface area is 347 Å². The molecule has 316 valence electrons. The molecule has 57 heavy (non-hydrogen) atoms. The Morgan fingerprint density at radius 3 is 1.51 bits per heavy atom. The number of sulfonamides is 2. The first kappa shape index (κ1) is 46.2. The van der Waals surface area contributed by atoms with Crippen molar-refractivity contribution in [1.29, 1.82) is 0 Å². The van der Waals surface area contributed by atoms with E-state index < -0.39 is 20.0 Å². The van der Waals surface area contributed by atoms with Gasteiger partial charge in [-0.2, -0.15) is 10.0 Å². The molecule has 0 amide bonds. The highest BCUT2D eigenvalue weighted by Crippen LogP contribution is 2.34. The van der Waals surface area contributed by atoms with Gasteiger partial charge in [0.1, 0.15) is 0 Å². The summed E-state index contributed by atoms with van der Waals surface area (Å²) in [6, 6.07) is 11.1. The zero-order chi connectivity index (χ0) is 38.8. The van der Waals surface area contributed by atoms with Crippen LogP contribution in [0.4, 0.5) is 11.4 Å². The molecule has 2 aromatic carbocycles. The standard InChI is InChI=1S/C18H26N6O2S.C14H20N6O2S.C4H7Br.2CH4/c1-19-27(25,26)15-10-11-17(20-13-6-3-2-4-7-13)16(12-15)18-21-23-24(22-18)14-8-5-9-14;1-15-23(21,22)11-7-8-13(16-10-5-3-2-4-6-10)12(9-11)14-17-19-20-18-14;5-4-2-1-3-4;;/h10-14,19-20H,2-9H2,1H3;7-10,15-16H,2-6H2,1H3,(H,17,18,19,20);4H,1-3H2;2*1H4. The summed E-state index contributed by atoms with van der Waals surface area (Å²) in [5.74, 6) is 0.838. The summed E-state index contributed by atoms with van der Waals surface area (Å²) < 4.78 is 53.3. The van der Waals surface area contributed by atoms with Crippen molar-refractivity contribution < 1.29 is 16.8 Å². The average molecular weight is 894 g/mol. The highest BCUT2D eigenvalue weighted by atomic mass is 79.9. The van der Waals surface area contributed by atoms with Gasteiger partial charge in [-0.3, -0.25) is 0 Å². The number of hydrogen-bond acceptors (Lipinski definition) is 12. The van der Waals surface area contributed by atoms with Crippen molar-refractivity contribution in [2.24, 2.45) is 0 Å². The predicted octanol–water partition coefficient (Wildman–Crippen LogP) is 7.44. The van der Waals surface area contributed by atoms with E-state index in [4.69, 9.17) is 0 Å². The minimum absolute atomic E-state index is 0. The second-order valence-electron chi connectivity index (χ2n) is 14.6. The highest BCUT2D eigenvalue weighted by molar-refractivity contribution is 9.09. The number of benzene rings is 2. The third-order valence-corrected chi connectivity index (χ3v) is 14.5. The van der Waals surface area contributed by atoms with Crippen molar-refractivity contribution in [2.75, 3.05) is 24.7 Å². The third kappa shape index (κ3) is 12.3. The van der Waals surface area contributed by atoms with Gasteiger partial charge in [-0.05, 0) is 119 Å². The van der Waals surface area contributed by atoms with Crippen LogP contribution in [0.1, 0.15) is 124 Å². The minimum Gasteiger partial charge on any atom is -0.382 e. The van der Waals surface area contributed by atoms with E-state index in [1.54, 1.807) is 35.1 Å². The maximum Gasteiger partial charge on any atom is 0.240 e. The lowest BCUT2D eigenvalue weighted by molar-refractivity contribution is 0.258. The Kier molecular flexibility index (Phi) is 17.4. The molecule has 8 rings (SSSR count). The van der Waals surface area contributed by atoms with Gasteiger partial charge in [0.05, 0.1) is 15.8 Å². The molecule has 4 aliphatic rings. The van der Waals surface area contributed by atoms with Gasteiger partial charge in [0.25, 0.3) is 0 Å². The fourth-order valence-electron chi connectivity index (χ4n) is 6.91. The fraction of sp³-hybridized carbons (Fsp3) is 0.632. The minimum atomic E-state index is -3.54. The number of aromatic nitrogens is 8. The fourth-order valence-corrected chi connectivity index (χ4v) is 9.07. The summed E-state index contributed by atoms with van der Waals surface area (Å²) >= 11 is 3.46. The summed E-state index contributed by atoms with van der Waals surface area (Å²) in [7, 11) is -4.27. The van der Waals surface area contributed by atoms with Gasteiger partial charge in [-0.15, -0.1) is 20.4 Å². The van der Waals surface area contributed by atoms with Crippen LogP contribution in [0.15, 0.2) is 46.2 Å². The second kappa shape index (κ2) is 21.5. The van der Waals surface area contributed by atoms with E-state index in [-0.39, 0.29) is 24.6 Å². The first-order chi connectivity index (χ1) is 26.6. The van der Waals surface area contributed by atoms with Crippen molar-refractivity contribution in [3.8, 4) is 22.8 Å². The predicted molar refractivity (Wildman–Crippen MR) is 229 cm³/mol. The van der Waals surface area contributed by atoms with Gasteiger partial charge >= 0.3 is 0 Å². The normalized spacial score (nSPS) is 17.9. The molecule has 0 unspecified atom stereocenters. The van der Waals surface area contributed by atoms with Crippen LogP contribution < -0.4 is 20.1 Å². The smallest absolute Gasteiger partial charge is 0.240 e. The molecular weight excluding hydrogens is 833 g/mol. The van der Waals surface area contributed by atoms with Crippen molar-refractivity contribution in [2.45, 2.75) is 150 Å². The van der Waals surface area contributed by atoms with E-state index in [9.17, 15) is 16.8 Å². The molecule has 0 aliphatic heterocycles. The molecule has 0 bridgehead atoms. The van der Waals surface area contributed by atoms with Crippen LogP contribution in [0.25, 0.3) is 22.8 Å². The first-order valence-corrected chi connectivity index (χ1v) is 23.3. The number of nitrogens with one attached hydrogen (secondary N) is 5. The topological polar surface area (TPSA) is 214 Å². The summed E-state index contributed by atoms with van der Waals surface area (Å²) in [4.78, 5) is 2.92. The van der Waals surface area contributed by atoms with Crippen molar-refractivity contribution in [3.63, 3.8) is 0 Å². The lowest BCUT2D eigenvalue weighted by atomic mass is 9.94. The van der Waals surface area contributed by atoms with Crippen molar-refractivity contribution >= 4 is 47.4 Å². The molecule has 4 aromatic rings. The molecular formula is C38H61BrN12O4S2. The van der Waals surface area contributed by atoms with Crippen LogP contribution in [0.5, 0.6) is 0 Å². The molecule has 19 heteroatoms. The molecule has 0 spiro atoms. The van der Waals surface area contributed by atoms with Gasteiger partial charge in [-0.25, -0.2) is 26.3 Å². The average Bonchev–Trinajstić information content (AvgIpc) is 3.89. The van der Waals surface area contributed by atoms with Crippen LogP contribution in [-0.4, -0.2) is 88.7 Å². The Hall–Kier alpha value is -3.52. The lowest BCUT2D eigenvalue weighted by Crippen LogP contribution is -2.23. The zero-order valence-electron chi connectivity index (χ0n) is 31.5. The number of anilines is 2. The summed E-state index contributed by atoms with van der Waals surface area (Å²) in [5, 5.41) is 34.0. The van der Waals surface area contributed by atoms with E-state index in [0.717, 1.165) is 54.7 Å². The molecule has 0 radical (unpaired) electrons. The molecule has 0 saturated heterocycles. The van der Waals surface area contributed by atoms with Crippen molar-refractivity contribution in [3.05, 3.63) is 36.4 Å². The largest absolute Gasteiger partial charge is 0.382 e. The molecule has 2 heterocycles. The number of hydrogen-bond donors (Lipinski definition) is 5. The number of halogens is 1. The number of rotatable bonds is 11. The van der Waals surface area contributed by atoms with Crippen LogP contribution in [0.3, 0.4) is 0 Å². The summed E-state index contributed by atoms with van der Waals surface area (Å²) in [5.41, 5.74) is 3.00. The van der Waals surface area contributed by atoms with E-state index in [2.05, 4.69) is 72.0 Å². The second-order valence-corrected chi connectivity index (χ2v) is 19.6. The molecule has 16 nitrogen and oxygen atoms in total. The SMILES string of the molecule is BrC1CCC1.C.C.CNS(=O)(=O)c1ccc(NC2CCCCC2)c(-c2nn[nH]n2)c1.CNS(=O)(=O)c1ccc(NC2CCCCC2)c(-c2nnn(C3CCC3)n2)c1. The Bertz CT molecular complexity index is 2040. The molecule has 0 atom stereocenters. The van der Waals surface area contributed by atoms with E-state index in [1.807, 2.05) is 6.07 Å². The third-order valence-electron chi connectivity index (χ3n) is 10.8. The zero-order valence-corrected chi connectivity index (χ0v) is 34.8. The molecule has 4 saturated carbocycles. The summed E-state index contributed by atoms with van der Waals surface area (Å²) in [6.07, 6.45) is 19.4. The Morgan fingerprint density at radius 1 is 0.649 bits per heavy atom. The van der Waals surface area contributed by atoms with Crippen LogP contribution in [0, 0.1) is 0 Å². The Morgan fingerprint density at radius 2 is 1.12 bits per heavy atom. The van der Waals surface area contributed by atoms with Gasteiger partial charge in [-0.1, -0.05) is 75.7 Å². The van der Waals surface area contributed by atoms with Gasteiger partial charge in [0.15, 0.2) is 0 Å². The molecule has 2 aromatic heterocycles. The molecule has 4 aliphatic carbocycles. The Balaban J connectivity index is 0.000000220.